The topological polar surface area (TPSA) is 87.7 Å². The number of sulfonamides is 1. The lowest BCUT2D eigenvalue weighted by Gasteiger charge is -2.33. The van der Waals surface area contributed by atoms with Crippen LogP contribution >= 0.6 is 0 Å². The van der Waals surface area contributed by atoms with Crippen LogP contribution in [0, 0.1) is 0 Å². The fourth-order valence-corrected chi connectivity index (χ4v) is 4.89. The molecule has 1 atom stereocenters. The molecule has 1 unspecified atom stereocenters. The summed E-state index contributed by atoms with van der Waals surface area (Å²) in [5, 5.41) is 2.83. The number of methoxy groups -OCH3 is 1. The van der Waals surface area contributed by atoms with Crippen LogP contribution in [0.1, 0.15) is 45.6 Å². The molecule has 0 bridgehead atoms. The summed E-state index contributed by atoms with van der Waals surface area (Å²) in [6.07, 6.45) is 2.46. The summed E-state index contributed by atoms with van der Waals surface area (Å²) >= 11 is 0. The SMILES string of the molecule is COC1CCCN(c2ccc(NC(=O)CCNS(=O)(=O)c3ccc(C(C)(C)C)cc3)cc2)C1. The van der Waals surface area contributed by atoms with Gasteiger partial charge in [-0.3, -0.25) is 4.79 Å². The van der Waals surface area contributed by atoms with Gasteiger partial charge in [0.15, 0.2) is 0 Å². The van der Waals surface area contributed by atoms with Crippen molar-refractivity contribution in [3.8, 4) is 0 Å². The molecule has 1 aliphatic rings. The first-order chi connectivity index (χ1) is 15.6. The van der Waals surface area contributed by atoms with Crippen LogP contribution in [-0.2, 0) is 25.0 Å². The van der Waals surface area contributed by atoms with Gasteiger partial charge in [0.05, 0.1) is 11.0 Å². The van der Waals surface area contributed by atoms with Crippen LogP contribution < -0.4 is 14.9 Å². The Bertz CT molecular complexity index is 1030. The molecule has 1 fully saturated rings. The van der Waals surface area contributed by atoms with Gasteiger partial charge in [-0.25, -0.2) is 13.1 Å². The number of piperidine rings is 1. The number of nitrogens with zero attached hydrogens (tertiary/aromatic N) is 1. The van der Waals surface area contributed by atoms with Crippen molar-refractivity contribution in [2.45, 2.75) is 56.4 Å². The predicted molar refractivity (Wildman–Crippen MR) is 132 cm³/mol. The zero-order valence-electron chi connectivity index (χ0n) is 19.9. The van der Waals surface area contributed by atoms with Crippen molar-refractivity contribution in [3.05, 3.63) is 54.1 Å². The molecular formula is C25H35N3O4S. The van der Waals surface area contributed by atoms with E-state index in [0.29, 0.717) is 5.69 Å². The highest BCUT2D eigenvalue weighted by atomic mass is 32.2. The Morgan fingerprint density at radius 1 is 1.09 bits per heavy atom. The number of amides is 1. The first-order valence-corrected chi connectivity index (χ1v) is 12.8. The van der Waals surface area contributed by atoms with E-state index >= 15 is 0 Å². The highest BCUT2D eigenvalue weighted by Crippen LogP contribution is 2.24. The van der Waals surface area contributed by atoms with Crippen molar-refractivity contribution in [2.75, 3.05) is 37.0 Å². The lowest BCUT2D eigenvalue weighted by molar-refractivity contribution is -0.116. The average molecular weight is 474 g/mol. The van der Waals surface area contributed by atoms with E-state index in [1.165, 1.54) is 0 Å². The van der Waals surface area contributed by atoms with Crippen LogP contribution in [0.2, 0.25) is 0 Å². The normalized spacial score (nSPS) is 17.1. The highest BCUT2D eigenvalue weighted by Gasteiger charge is 2.20. The number of anilines is 2. The van der Waals surface area contributed by atoms with Crippen molar-refractivity contribution in [2.24, 2.45) is 0 Å². The van der Waals surface area contributed by atoms with Crippen molar-refractivity contribution in [1.29, 1.82) is 0 Å². The van der Waals surface area contributed by atoms with Crippen LogP contribution in [0.25, 0.3) is 0 Å². The lowest BCUT2D eigenvalue weighted by atomic mass is 9.87. The third kappa shape index (κ3) is 7.03. The second-order valence-corrected chi connectivity index (χ2v) is 11.2. The molecule has 0 aromatic heterocycles. The zero-order chi connectivity index (χ0) is 24.1. The molecule has 0 aliphatic carbocycles. The van der Waals surface area contributed by atoms with E-state index < -0.39 is 10.0 Å². The van der Waals surface area contributed by atoms with E-state index in [1.807, 2.05) is 36.4 Å². The number of rotatable bonds is 8. The molecule has 2 aromatic rings. The predicted octanol–water partition coefficient (Wildman–Crippen LogP) is 3.91. The monoisotopic (exact) mass is 473 g/mol. The van der Waals surface area contributed by atoms with E-state index in [1.54, 1.807) is 19.2 Å². The summed E-state index contributed by atoms with van der Waals surface area (Å²) in [6, 6.07) is 14.5. The van der Waals surface area contributed by atoms with E-state index in [4.69, 9.17) is 4.74 Å². The second-order valence-electron chi connectivity index (χ2n) is 9.46. The summed E-state index contributed by atoms with van der Waals surface area (Å²) in [5.41, 5.74) is 2.79. The summed E-state index contributed by atoms with van der Waals surface area (Å²) < 4.78 is 33.0. The van der Waals surface area contributed by atoms with Gasteiger partial charge in [0.25, 0.3) is 0 Å². The van der Waals surface area contributed by atoms with Gasteiger partial charge in [-0.1, -0.05) is 32.9 Å². The van der Waals surface area contributed by atoms with Gasteiger partial charge in [0.2, 0.25) is 15.9 Å². The molecule has 0 saturated carbocycles. The number of hydrogen-bond donors (Lipinski definition) is 2. The maximum atomic E-state index is 12.5. The summed E-state index contributed by atoms with van der Waals surface area (Å²) in [4.78, 5) is 14.8. The first-order valence-electron chi connectivity index (χ1n) is 11.4. The maximum Gasteiger partial charge on any atom is 0.240 e. The Hall–Kier alpha value is -2.42. The van der Waals surface area contributed by atoms with Gasteiger partial charge < -0.3 is 15.0 Å². The molecule has 3 rings (SSSR count). The molecule has 180 valence electrons. The lowest BCUT2D eigenvalue weighted by Crippen LogP contribution is -2.39. The maximum absolute atomic E-state index is 12.5. The van der Waals surface area contributed by atoms with Crippen LogP contribution in [0.3, 0.4) is 0 Å². The van der Waals surface area contributed by atoms with Gasteiger partial charge in [-0.2, -0.15) is 0 Å². The van der Waals surface area contributed by atoms with Gasteiger partial charge in [0, 0.05) is 44.5 Å². The molecule has 8 heteroatoms. The molecule has 2 aromatic carbocycles. The minimum absolute atomic E-state index is 0.0272. The fourth-order valence-electron chi connectivity index (χ4n) is 3.86. The molecule has 1 heterocycles. The van der Waals surface area contributed by atoms with E-state index in [9.17, 15) is 13.2 Å². The molecule has 0 radical (unpaired) electrons. The minimum Gasteiger partial charge on any atom is -0.380 e. The van der Waals surface area contributed by atoms with Gasteiger partial charge in [0.1, 0.15) is 0 Å². The molecule has 1 saturated heterocycles. The smallest absolute Gasteiger partial charge is 0.240 e. The number of ether oxygens (including phenoxy) is 1. The molecule has 2 N–H and O–H groups in total. The fraction of sp³-hybridized carbons (Fsp3) is 0.480. The zero-order valence-corrected chi connectivity index (χ0v) is 20.7. The standard InChI is InChI=1S/C25H35N3O4S/c1-25(2,3)19-7-13-23(14-8-19)33(30,31)26-16-15-24(29)27-20-9-11-21(12-10-20)28-17-5-6-22(18-28)32-4/h7-14,22,26H,5-6,15-18H2,1-4H3,(H,27,29). The summed E-state index contributed by atoms with van der Waals surface area (Å²) in [5.74, 6) is -0.244. The van der Waals surface area contributed by atoms with Crippen molar-refractivity contribution in [3.63, 3.8) is 0 Å². The van der Waals surface area contributed by atoms with E-state index in [2.05, 4.69) is 35.7 Å². The Labute approximate surface area is 197 Å². The van der Waals surface area contributed by atoms with E-state index in [0.717, 1.165) is 37.2 Å². The number of carbonyl (C=O) groups excluding carboxylic acids is 1. The Balaban J connectivity index is 1.48. The molecule has 1 amide bonds. The second kappa shape index (κ2) is 10.7. The number of hydrogen-bond acceptors (Lipinski definition) is 5. The van der Waals surface area contributed by atoms with E-state index in [-0.39, 0.29) is 35.3 Å². The van der Waals surface area contributed by atoms with Gasteiger partial charge in [-0.05, 0) is 60.2 Å². The average Bonchev–Trinajstić information content (AvgIpc) is 2.79. The van der Waals surface area contributed by atoms with Gasteiger partial charge >= 0.3 is 0 Å². The molecular weight excluding hydrogens is 438 g/mol. The third-order valence-electron chi connectivity index (χ3n) is 5.90. The van der Waals surface area contributed by atoms with Crippen LogP contribution in [0.4, 0.5) is 11.4 Å². The van der Waals surface area contributed by atoms with Crippen molar-refractivity contribution >= 4 is 27.3 Å². The quantitative estimate of drug-likeness (QED) is 0.607. The van der Waals surface area contributed by atoms with Crippen LogP contribution in [0.15, 0.2) is 53.4 Å². The molecule has 0 spiro atoms. The Morgan fingerprint density at radius 3 is 2.36 bits per heavy atom. The first kappa shape index (κ1) is 25.2. The number of benzene rings is 2. The van der Waals surface area contributed by atoms with Crippen molar-refractivity contribution < 1.29 is 17.9 Å². The van der Waals surface area contributed by atoms with Crippen LogP contribution in [0.5, 0.6) is 0 Å². The highest BCUT2D eigenvalue weighted by molar-refractivity contribution is 7.89. The molecule has 33 heavy (non-hydrogen) atoms. The number of nitrogens with one attached hydrogen (secondary N) is 2. The van der Waals surface area contributed by atoms with Crippen molar-refractivity contribution in [1.82, 2.24) is 4.72 Å². The number of carbonyl (C=O) groups is 1. The van der Waals surface area contributed by atoms with Gasteiger partial charge in [-0.15, -0.1) is 0 Å². The largest absolute Gasteiger partial charge is 0.380 e. The molecule has 1 aliphatic heterocycles. The minimum atomic E-state index is -3.66. The third-order valence-corrected chi connectivity index (χ3v) is 7.38. The Kier molecular flexibility index (Phi) is 8.15. The van der Waals surface area contributed by atoms with Crippen LogP contribution in [-0.4, -0.2) is 47.2 Å². The Morgan fingerprint density at radius 2 is 1.76 bits per heavy atom. The summed E-state index contributed by atoms with van der Waals surface area (Å²) in [6.45, 7) is 8.10. The summed E-state index contributed by atoms with van der Waals surface area (Å²) in [7, 11) is -1.92. The molecule has 7 nitrogen and oxygen atoms in total.